The lowest BCUT2D eigenvalue weighted by Gasteiger charge is -2.29. The lowest BCUT2D eigenvalue weighted by molar-refractivity contribution is -0.137. The van der Waals surface area contributed by atoms with E-state index in [1.54, 1.807) is 23.2 Å². The summed E-state index contributed by atoms with van der Waals surface area (Å²) >= 11 is 0. The fourth-order valence-corrected chi connectivity index (χ4v) is 3.41. The van der Waals surface area contributed by atoms with Gasteiger partial charge in [-0.1, -0.05) is 6.07 Å². The summed E-state index contributed by atoms with van der Waals surface area (Å²) < 4.78 is 7.17. The van der Waals surface area contributed by atoms with Crippen LogP contribution in [0.5, 0.6) is 5.75 Å². The molecule has 1 fully saturated rings. The fourth-order valence-electron chi connectivity index (χ4n) is 3.41. The Morgan fingerprint density at radius 1 is 1.32 bits per heavy atom. The number of anilines is 1. The highest BCUT2D eigenvalue weighted by atomic mass is 16.5. The Morgan fingerprint density at radius 3 is 3.04 bits per heavy atom. The topological polar surface area (TPSA) is 80.6 Å². The van der Waals surface area contributed by atoms with E-state index in [4.69, 9.17) is 4.74 Å². The van der Waals surface area contributed by atoms with Crippen LogP contribution in [0.25, 0.3) is 0 Å². The Kier molecular flexibility index (Phi) is 3.87. The molecule has 1 saturated heterocycles. The summed E-state index contributed by atoms with van der Waals surface area (Å²) in [7, 11) is 1.59. The second kappa shape index (κ2) is 6.19. The van der Waals surface area contributed by atoms with Crippen molar-refractivity contribution in [3.8, 4) is 5.75 Å². The van der Waals surface area contributed by atoms with Gasteiger partial charge >= 0.3 is 0 Å². The highest BCUT2D eigenvalue weighted by Gasteiger charge is 2.38. The van der Waals surface area contributed by atoms with E-state index in [-0.39, 0.29) is 24.2 Å². The van der Waals surface area contributed by atoms with E-state index >= 15 is 0 Å². The molecule has 0 spiro atoms. The van der Waals surface area contributed by atoms with E-state index in [0.717, 1.165) is 11.5 Å². The number of hydrogen-bond acceptors (Lipinski definition) is 5. The molecule has 1 aromatic carbocycles. The molecule has 4 rings (SSSR count). The van der Waals surface area contributed by atoms with Crippen molar-refractivity contribution < 1.29 is 14.3 Å². The van der Waals surface area contributed by atoms with Gasteiger partial charge in [-0.15, -0.1) is 10.2 Å². The van der Waals surface area contributed by atoms with Crippen molar-refractivity contribution in [2.45, 2.75) is 19.5 Å². The Bertz CT molecular complexity index is 818. The van der Waals surface area contributed by atoms with Gasteiger partial charge in [-0.2, -0.15) is 0 Å². The summed E-state index contributed by atoms with van der Waals surface area (Å²) in [4.78, 5) is 28.7. The number of benzene rings is 1. The molecule has 130 valence electrons. The monoisotopic (exact) mass is 341 g/mol. The maximum atomic E-state index is 12.8. The molecule has 0 bridgehead atoms. The van der Waals surface area contributed by atoms with Crippen LogP contribution in [0.15, 0.2) is 30.6 Å². The number of nitrogens with zero attached hydrogens (tertiary/aromatic N) is 5. The Labute approximate surface area is 145 Å². The first-order valence-electron chi connectivity index (χ1n) is 8.25. The molecule has 8 nitrogen and oxygen atoms in total. The summed E-state index contributed by atoms with van der Waals surface area (Å²) in [6, 6.07) is 7.34. The van der Waals surface area contributed by atoms with Gasteiger partial charge in [0, 0.05) is 37.8 Å². The van der Waals surface area contributed by atoms with Crippen molar-refractivity contribution in [3.63, 3.8) is 0 Å². The zero-order valence-corrected chi connectivity index (χ0v) is 14.0. The first kappa shape index (κ1) is 15.6. The van der Waals surface area contributed by atoms with Gasteiger partial charge < -0.3 is 19.1 Å². The molecule has 0 aliphatic carbocycles. The Balaban J connectivity index is 1.47. The highest BCUT2D eigenvalue weighted by Crippen LogP contribution is 2.29. The van der Waals surface area contributed by atoms with Gasteiger partial charge in [0.05, 0.1) is 19.6 Å². The number of carbonyl (C=O) groups excluding carboxylic acids is 2. The molecule has 1 unspecified atom stereocenters. The maximum Gasteiger partial charge on any atom is 0.228 e. The van der Waals surface area contributed by atoms with Crippen molar-refractivity contribution in [1.29, 1.82) is 0 Å². The molecule has 0 N–H and O–H groups in total. The predicted molar refractivity (Wildman–Crippen MR) is 88.9 cm³/mol. The minimum absolute atomic E-state index is 0.00740. The summed E-state index contributed by atoms with van der Waals surface area (Å²) in [6.07, 6.45) is 1.92. The number of ether oxygens (including phenoxy) is 1. The lowest BCUT2D eigenvalue weighted by atomic mass is 10.1. The number of carbonyl (C=O) groups is 2. The van der Waals surface area contributed by atoms with Crippen LogP contribution in [0.3, 0.4) is 0 Å². The van der Waals surface area contributed by atoms with Crippen LogP contribution >= 0.6 is 0 Å². The molecule has 1 aromatic heterocycles. The van der Waals surface area contributed by atoms with Crippen LogP contribution in [-0.2, 0) is 22.7 Å². The van der Waals surface area contributed by atoms with Gasteiger partial charge in [-0.3, -0.25) is 9.59 Å². The van der Waals surface area contributed by atoms with Crippen LogP contribution in [-0.4, -0.2) is 51.7 Å². The molecule has 3 heterocycles. The van der Waals surface area contributed by atoms with E-state index in [2.05, 4.69) is 10.2 Å². The second-order valence-electron chi connectivity index (χ2n) is 6.31. The van der Waals surface area contributed by atoms with Gasteiger partial charge in [0.1, 0.15) is 12.1 Å². The lowest BCUT2D eigenvalue weighted by Crippen LogP contribution is -2.42. The van der Waals surface area contributed by atoms with E-state index in [9.17, 15) is 9.59 Å². The van der Waals surface area contributed by atoms with Gasteiger partial charge in [-0.05, 0) is 12.1 Å². The van der Waals surface area contributed by atoms with Crippen LogP contribution in [0, 0.1) is 5.92 Å². The zero-order valence-electron chi connectivity index (χ0n) is 14.0. The van der Waals surface area contributed by atoms with Crippen molar-refractivity contribution >= 4 is 17.5 Å². The standard InChI is InChI=1S/C17H19N5O3/c1-25-14-4-2-3-13(8-14)22-9-12(7-16(22)23)17(24)20-5-6-21-11-18-19-15(21)10-20/h2-4,8,11-12H,5-7,9-10H2,1H3. The van der Waals surface area contributed by atoms with Crippen molar-refractivity contribution in [2.75, 3.05) is 25.1 Å². The first-order valence-corrected chi connectivity index (χ1v) is 8.25. The summed E-state index contributed by atoms with van der Waals surface area (Å²) in [5.74, 6) is 1.12. The van der Waals surface area contributed by atoms with Crippen LogP contribution in [0.1, 0.15) is 12.2 Å². The molecular weight excluding hydrogens is 322 g/mol. The third-order valence-electron chi connectivity index (χ3n) is 4.79. The van der Waals surface area contributed by atoms with E-state index in [1.807, 2.05) is 28.8 Å². The number of methoxy groups -OCH3 is 1. The zero-order chi connectivity index (χ0) is 17.4. The predicted octanol–water partition coefficient (Wildman–Crippen LogP) is 0.682. The smallest absolute Gasteiger partial charge is 0.228 e. The molecule has 2 aromatic rings. The summed E-state index contributed by atoms with van der Waals surface area (Å²) in [5, 5.41) is 7.92. The molecular formula is C17H19N5O3. The normalized spacial score (nSPS) is 19.9. The number of hydrogen-bond donors (Lipinski definition) is 0. The van der Waals surface area contributed by atoms with Crippen LogP contribution < -0.4 is 9.64 Å². The minimum Gasteiger partial charge on any atom is -0.497 e. The van der Waals surface area contributed by atoms with Gasteiger partial charge in [0.15, 0.2) is 5.82 Å². The van der Waals surface area contributed by atoms with Crippen molar-refractivity contribution in [1.82, 2.24) is 19.7 Å². The maximum absolute atomic E-state index is 12.8. The quantitative estimate of drug-likeness (QED) is 0.820. The second-order valence-corrected chi connectivity index (χ2v) is 6.31. The first-order chi connectivity index (χ1) is 12.2. The average Bonchev–Trinajstić information content (AvgIpc) is 3.26. The van der Waals surface area contributed by atoms with Gasteiger partial charge in [0.25, 0.3) is 0 Å². The highest BCUT2D eigenvalue weighted by molar-refractivity contribution is 6.00. The minimum atomic E-state index is -0.326. The number of amides is 2. The number of aromatic nitrogens is 3. The van der Waals surface area contributed by atoms with Crippen LogP contribution in [0.2, 0.25) is 0 Å². The third-order valence-corrected chi connectivity index (χ3v) is 4.79. The summed E-state index contributed by atoms with van der Waals surface area (Å²) in [5.41, 5.74) is 0.762. The van der Waals surface area contributed by atoms with E-state index < -0.39 is 0 Å². The molecule has 0 radical (unpaired) electrons. The molecule has 1 atom stereocenters. The van der Waals surface area contributed by atoms with E-state index in [1.165, 1.54) is 0 Å². The average molecular weight is 341 g/mol. The molecule has 8 heteroatoms. The molecule has 2 amide bonds. The molecule has 2 aliphatic rings. The third kappa shape index (κ3) is 2.84. The Morgan fingerprint density at radius 2 is 2.20 bits per heavy atom. The van der Waals surface area contributed by atoms with Crippen molar-refractivity contribution in [3.05, 3.63) is 36.4 Å². The fraction of sp³-hybridized carbons (Fsp3) is 0.412. The summed E-state index contributed by atoms with van der Waals surface area (Å²) in [6.45, 7) is 2.15. The van der Waals surface area contributed by atoms with E-state index in [0.29, 0.717) is 31.9 Å². The van der Waals surface area contributed by atoms with Gasteiger partial charge in [-0.25, -0.2) is 0 Å². The molecule has 2 aliphatic heterocycles. The Hall–Kier alpha value is -2.90. The molecule has 0 saturated carbocycles. The van der Waals surface area contributed by atoms with Crippen molar-refractivity contribution in [2.24, 2.45) is 5.92 Å². The SMILES string of the molecule is COc1cccc(N2CC(C(=O)N3CCn4cnnc4C3)CC2=O)c1. The molecule has 25 heavy (non-hydrogen) atoms. The largest absolute Gasteiger partial charge is 0.497 e. The number of fused-ring (bicyclic) bond motifs is 1. The number of rotatable bonds is 3. The van der Waals surface area contributed by atoms with Gasteiger partial charge in [0.2, 0.25) is 11.8 Å². The van der Waals surface area contributed by atoms with Crippen LogP contribution in [0.4, 0.5) is 5.69 Å².